The number of amides is 2. The second-order valence-electron chi connectivity index (χ2n) is 6.86. The Hall–Kier alpha value is -2.69. The third-order valence-corrected chi connectivity index (χ3v) is 4.82. The van der Waals surface area contributed by atoms with Crippen LogP contribution in [-0.4, -0.2) is 30.3 Å². The number of nitrogens with zero attached hydrogens (tertiary/aromatic N) is 1. The van der Waals surface area contributed by atoms with Crippen molar-refractivity contribution in [3.63, 3.8) is 0 Å². The first-order valence-electron chi connectivity index (χ1n) is 8.83. The molecule has 1 saturated carbocycles. The van der Waals surface area contributed by atoms with Gasteiger partial charge in [-0.05, 0) is 42.5 Å². The van der Waals surface area contributed by atoms with Crippen LogP contribution in [0.4, 0.5) is 4.39 Å². The molecule has 0 heterocycles. The Kier molecular flexibility index (Phi) is 5.35. The molecule has 136 valence electrons. The van der Waals surface area contributed by atoms with E-state index in [1.807, 2.05) is 30.3 Å². The SMILES string of the molecule is CN(Cc1ccccc1)C(=O)C1(C(=O)NCCc2ccc(F)cc2)CC1. The van der Waals surface area contributed by atoms with Crippen LogP contribution < -0.4 is 5.32 Å². The van der Waals surface area contributed by atoms with E-state index in [9.17, 15) is 14.0 Å². The number of carbonyl (C=O) groups excluding carboxylic acids is 2. The molecule has 0 bridgehead atoms. The molecule has 5 heteroatoms. The zero-order chi connectivity index (χ0) is 18.6. The molecular formula is C21H23FN2O2. The lowest BCUT2D eigenvalue weighted by molar-refractivity contribution is -0.143. The maximum absolute atomic E-state index is 12.9. The summed E-state index contributed by atoms with van der Waals surface area (Å²) < 4.78 is 12.9. The Morgan fingerprint density at radius 1 is 1.04 bits per heavy atom. The van der Waals surface area contributed by atoms with Gasteiger partial charge in [0.2, 0.25) is 11.8 Å². The second kappa shape index (κ2) is 7.68. The number of hydrogen-bond acceptors (Lipinski definition) is 2. The zero-order valence-electron chi connectivity index (χ0n) is 14.9. The highest BCUT2D eigenvalue weighted by Gasteiger charge is 2.57. The van der Waals surface area contributed by atoms with Gasteiger partial charge in [-0.3, -0.25) is 9.59 Å². The van der Waals surface area contributed by atoms with Gasteiger partial charge >= 0.3 is 0 Å². The molecule has 0 unspecified atom stereocenters. The highest BCUT2D eigenvalue weighted by molar-refractivity contribution is 6.07. The third-order valence-electron chi connectivity index (χ3n) is 4.82. The molecule has 0 spiro atoms. The quantitative estimate of drug-likeness (QED) is 0.777. The van der Waals surface area contributed by atoms with Gasteiger partial charge in [0.05, 0.1) is 0 Å². The van der Waals surface area contributed by atoms with E-state index < -0.39 is 5.41 Å². The van der Waals surface area contributed by atoms with Gasteiger partial charge in [0, 0.05) is 20.1 Å². The van der Waals surface area contributed by atoms with Crippen LogP contribution in [0.3, 0.4) is 0 Å². The van der Waals surface area contributed by atoms with Crippen LogP contribution in [-0.2, 0) is 22.6 Å². The van der Waals surface area contributed by atoms with Crippen molar-refractivity contribution in [1.29, 1.82) is 0 Å². The Labute approximate surface area is 153 Å². The van der Waals surface area contributed by atoms with E-state index in [-0.39, 0.29) is 17.6 Å². The Bertz CT molecular complexity index is 770. The van der Waals surface area contributed by atoms with Crippen molar-refractivity contribution in [2.24, 2.45) is 5.41 Å². The summed E-state index contributed by atoms with van der Waals surface area (Å²) in [5.74, 6) is -0.605. The fourth-order valence-corrected chi connectivity index (χ4v) is 3.10. The maximum atomic E-state index is 12.9. The van der Waals surface area contributed by atoms with Crippen molar-refractivity contribution in [1.82, 2.24) is 10.2 Å². The number of nitrogens with one attached hydrogen (secondary N) is 1. The first-order chi connectivity index (χ1) is 12.5. The van der Waals surface area contributed by atoms with Gasteiger partial charge in [-0.25, -0.2) is 4.39 Å². The monoisotopic (exact) mass is 354 g/mol. The molecule has 0 aromatic heterocycles. The standard InChI is InChI=1S/C21H23FN2O2/c1-24(15-17-5-3-2-4-6-17)20(26)21(12-13-21)19(25)23-14-11-16-7-9-18(22)10-8-16/h2-10H,11-15H2,1H3,(H,23,25). The highest BCUT2D eigenvalue weighted by atomic mass is 19.1. The van der Waals surface area contributed by atoms with Crippen molar-refractivity contribution >= 4 is 11.8 Å². The van der Waals surface area contributed by atoms with Crippen LogP contribution in [0.1, 0.15) is 24.0 Å². The van der Waals surface area contributed by atoms with E-state index >= 15 is 0 Å². The Morgan fingerprint density at radius 2 is 1.69 bits per heavy atom. The molecular weight excluding hydrogens is 331 g/mol. The average molecular weight is 354 g/mol. The molecule has 3 rings (SSSR count). The molecule has 26 heavy (non-hydrogen) atoms. The summed E-state index contributed by atoms with van der Waals surface area (Å²) >= 11 is 0. The van der Waals surface area contributed by atoms with Crippen molar-refractivity contribution in [2.45, 2.75) is 25.8 Å². The van der Waals surface area contributed by atoms with Crippen molar-refractivity contribution in [3.8, 4) is 0 Å². The van der Waals surface area contributed by atoms with Gasteiger partial charge in [-0.1, -0.05) is 42.5 Å². The molecule has 2 aromatic rings. The number of carbonyl (C=O) groups is 2. The fourth-order valence-electron chi connectivity index (χ4n) is 3.10. The topological polar surface area (TPSA) is 49.4 Å². The van der Waals surface area contributed by atoms with E-state index in [0.29, 0.717) is 32.4 Å². The minimum Gasteiger partial charge on any atom is -0.355 e. The lowest BCUT2D eigenvalue weighted by Gasteiger charge is -2.23. The van der Waals surface area contributed by atoms with Gasteiger partial charge in [0.25, 0.3) is 0 Å². The fraction of sp³-hybridized carbons (Fsp3) is 0.333. The lowest BCUT2D eigenvalue weighted by Crippen LogP contribution is -2.44. The van der Waals surface area contributed by atoms with Crippen molar-refractivity contribution in [3.05, 3.63) is 71.5 Å². The largest absolute Gasteiger partial charge is 0.355 e. The molecule has 4 nitrogen and oxygen atoms in total. The summed E-state index contributed by atoms with van der Waals surface area (Å²) in [7, 11) is 1.74. The minimum atomic E-state index is -0.910. The van der Waals surface area contributed by atoms with E-state index in [1.54, 1.807) is 24.1 Å². The van der Waals surface area contributed by atoms with E-state index in [1.165, 1.54) is 12.1 Å². The van der Waals surface area contributed by atoms with Gasteiger partial charge in [-0.15, -0.1) is 0 Å². The molecule has 1 aliphatic carbocycles. The van der Waals surface area contributed by atoms with E-state index in [2.05, 4.69) is 5.32 Å². The summed E-state index contributed by atoms with van der Waals surface area (Å²) in [5.41, 5.74) is 1.08. The third kappa shape index (κ3) is 4.10. The number of rotatable bonds is 7. The summed E-state index contributed by atoms with van der Waals surface area (Å²) in [4.78, 5) is 26.9. The second-order valence-corrected chi connectivity index (χ2v) is 6.86. The molecule has 2 aromatic carbocycles. The maximum Gasteiger partial charge on any atom is 0.238 e. The highest BCUT2D eigenvalue weighted by Crippen LogP contribution is 2.47. The van der Waals surface area contributed by atoms with Gasteiger partial charge in [0.15, 0.2) is 0 Å². The normalized spacial score (nSPS) is 14.5. The van der Waals surface area contributed by atoms with Crippen molar-refractivity contribution < 1.29 is 14.0 Å². The van der Waals surface area contributed by atoms with Gasteiger partial charge in [0.1, 0.15) is 11.2 Å². The predicted octanol–water partition coefficient (Wildman–Crippen LogP) is 2.92. The van der Waals surface area contributed by atoms with Gasteiger partial charge in [-0.2, -0.15) is 0 Å². The molecule has 1 aliphatic rings. The lowest BCUT2D eigenvalue weighted by atomic mass is 10.0. The summed E-state index contributed by atoms with van der Waals surface area (Å²) in [5, 5.41) is 2.87. The zero-order valence-corrected chi connectivity index (χ0v) is 14.9. The Morgan fingerprint density at radius 3 is 2.31 bits per heavy atom. The van der Waals surface area contributed by atoms with Crippen LogP contribution in [0, 0.1) is 11.2 Å². The molecule has 1 fully saturated rings. The van der Waals surface area contributed by atoms with Crippen LogP contribution >= 0.6 is 0 Å². The molecule has 1 N–H and O–H groups in total. The predicted molar refractivity (Wildman–Crippen MR) is 97.7 cm³/mol. The summed E-state index contributed by atoms with van der Waals surface area (Å²) in [6, 6.07) is 15.9. The van der Waals surface area contributed by atoms with Crippen LogP contribution in [0.2, 0.25) is 0 Å². The van der Waals surface area contributed by atoms with E-state index in [0.717, 1.165) is 11.1 Å². The summed E-state index contributed by atoms with van der Waals surface area (Å²) in [6.45, 7) is 0.923. The minimum absolute atomic E-state index is 0.124. The smallest absolute Gasteiger partial charge is 0.238 e. The van der Waals surface area contributed by atoms with Gasteiger partial charge < -0.3 is 10.2 Å². The number of halogens is 1. The first-order valence-corrected chi connectivity index (χ1v) is 8.83. The van der Waals surface area contributed by atoms with E-state index in [4.69, 9.17) is 0 Å². The van der Waals surface area contributed by atoms with Crippen LogP contribution in [0.15, 0.2) is 54.6 Å². The molecule has 2 amide bonds. The van der Waals surface area contributed by atoms with Crippen LogP contribution in [0.5, 0.6) is 0 Å². The summed E-state index contributed by atoms with van der Waals surface area (Å²) in [6.07, 6.45) is 1.79. The number of hydrogen-bond donors (Lipinski definition) is 1. The van der Waals surface area contributed by atoms with Crippen molar-refractivity contribution in [2.75, 3.05) is 13.6 Å². The molecule has 0 aliphatic heterocycles. The molecule has 0 saturated heterocycles. The average Bonchev–Trinajstić information content (AvgIpc) is 3.45. The number of benzene rings is 2. The van der Waals surface area contributed by atoms with Crippen LogP contribution in [0.25, 0.3) is 0 Å². The Balaban J connectivity index is 1.52. The molecule has 0 radical (unpaired) electrons. The first kappa shape index (κ1) is 18.1. The molecule has 0 atom stereocenters.